The molecule has 0 aliphatic carbocycles. The Labute approximate surface area is 230 Å². The van der Waals surface area contributed by atoms with E-state index in [1.807, 2.05) is 18.3 Å². The summed E-state index contributed by atoms with van der Waals surface area (Å²) in [6.45, 7) is 1.54. The van der Waals surface area contributed by atoms with Gasteiger partial charge in [0.1, 0.15) is 6.04 Å². The fraction of sp³-hybridized carbons (Fsp3) is 0.310. The Bertz CT molecular complexity index is 1450. The molecule has 2 aliphatic heterocycles. The number of amides is 5. The molecule has 1 aromatic heterocycles. The van der Waals surface area contributed by atoms with E-state index in [2.05, 4.69) is 25.5 Å². The average Bonchev–Trinajstić information content (AvgIpc) is 3.54. The molecule has 3 aromatic rings. The third-order valence-electron chi connectivity index (χ3n) is 7.36. The monoisotopic (exact) mass is 542 g/mol. The molecule has 5 rings (SSSR count). The molecule has 1 fully saturated rings. The Kier molecular flexibility index (Phi) is 7.99. The van der Waals surface area contributed by atoms with Gasteiger partial charge in [0.05, 0.1) is 6.33 Å². The van der Waals surface area contributed by atoms with Crippen LogP contribution in [0.1, 0.15) is 56.8 Å². The van der Waals surface area contributed by atoms with Gasteiger partial charge in [-0.15, -0.1) is 0 Å². The van der Waals surface area contributed by atoms with Gasteiger partial charge < -0.3 is 20.1 Å². The minimum Gasteiger partial charge on any atom is -0.352 e. The van der Waals surface area contributed by atoms with Crippen LogP contribution < -0.4 is 16.0 Å². The molecule has 1 saturated heterocycles. The predicted molar refractivity (Wildman–Crippen MR) is 145 cm³/mol. The largest absolute Gasteiger partial charge is 0.352 e. The van der Waals surface area contributed by atoms with E-state index in [4.69, 9.17) is 0 Å². The summed E-state index contributed by atoms with van der Waals surface area (Å²) in [7, 11) is 0. The lowest BCUT2D eigenvalue weighted by Gasteiger charge is -2.29. The summed E-state index contributed by atoms with van der Waals surface area (Å²) in [5.74, 6) is -1.07. The van der Waals surface area contributed by atoms with Crippen LogP contribution in [0.5, 0.6) is 0 Å². The zero-order valence-corrected chi connectivity index (χ0v) is 21.9. The number of fused-ring (bicyclic) bond motifs is 1. The molecule has 206 valence electrons. The van der Waals surface area contributed by atoms with Gasteiger partial charge in [0, 0.05) is 54.8 Å². The molecule has 0 spiro atoms. The van der Waals surface area contributed by atoms with Crippen molar-refractivity contribution in [3.63, 3.8) is 0 Å². The van der Waals surface area contributed by atoms with Gasteiger partial charge in [0.2, 0.25) is 18.2 Å². The first-order chi connectivity index (χ1) is 19.4. The Balaban J connectivity index is 1.14. The Hall–Kier alpha value is -4.80. The van der Waals surface area contributed by atoms with E-state index in [1.165, 1.54) is 0 Å². The minimum atomic E-state index is -0.633. The van der Waals surface area contributed by atoms with Crippen LogP contribution in [0.15, 0.2) is 55.0 Å². The summed E-state index contributed by atoms with van der Waals surface area (Å²) in [6.07, 6.45) is 6.90. The molecule has 0 saturated carbocycles. The van der Waals surface area contributed by atoms with Crippen molar-refractivity contribution in [1.82, 2.24) is 25.1 Å². The molecule has 40 heavy (non-hydrogen) atoms. The Morgan fingerprint density at radius 3 is 2.70 bits per heavy atom. The van der Waals surface area contributed by atoms with Crippen LogP contribution in [0.2, 0.25) is 0 Å². The first-order valence-corrected chi connectivity index (χ1v) is 13.3. The normalized spacial score (nSPS) is 16.4. The number of hydrogen-bond donors (Lipinski definition) is 3. The molecule has 1 unspecified atom stereocenters. The molecule has 5 amide bonds. The zero-order chi connectivity index (χ0) is 28.1. The Morgan fingerprint density at radius 2 is 1.93 bits per heavy atom. The molecule has 3 heterocycles. The van der Waals surface area contributed by atoms with Crippen molar-refractivity contribution in [2.75, 3.05) is 11.9 Å². The Morgan fingerprint density at radius 1 is 1.10 bits per heavy atom. The van der Waals surface area contributed by atoms with Crippen LogP contribution >= 0.6 is 0 Å². The van der Waals surface area contributed by atoms with Gasteiger partial charge in [-0.25, -0.2) is 4.98 Å². The van der Waals surface area contributed by atoms with E-state index in [0.717, 1.165) is 29.7 Å². The summed E-state index contributed by atoms with van der Waals surface area (Å²) >= 11 is 0. The number of rotatable bonds is 11. The van der Waals surface area contributed by atoms with Crippen molar-refractivity contribution in [2.45, 2.75) is 51.2 Å². The fourth-order valence-electron chi connectivity index (χ4n) is 5.24. The van der Waals surface area contributed by atoms with Crippen molar-refractivity contribution in [3.8, 4) is 0 Å². The maximum absolute atomic E-state index is 13.1. The van der Waals surface area contributed by atoms with Gasteiger partial charge in [-0.3, -0.25) is 29.3 Å². The molecule has 1 atom stereocenters. The van der Waals surface area contributed by atoms with Crippen molar-refractivity contribution in [3.05, 3.63) is 82.9 Å². The van der Waals surface area contributed by atoms with Crippen LogP contribution in [0.3, 0.4) is 0 Å². The SMILES string of the molecule is O=CNc1ccc(C(=O)NCCCn2cncc2CCc2cccc3c2CN(C2CCC(=O)NC2=O)C3=O)cc1. The lowest BCUT2D eigenvalue weighted by atomic mass is 9.99. The number of anilines is 1. The predicted octanol–water partition coefficient (Wildman–Crippen LogP) is 1.82. The summed E-state index contributed by atoms with van der Waals surface area (Å²) in [5, 5.41) is 7.79. The van der Waals surface area contributed by atoms with Gasteiger partial charge >= 0.3 is 0 Å². The number of imidazole rings is 1. The van der Waals surface area contributed by atoms with Crippen molar-refractivity contribution < 1.29 is 24.0 Å². The number of aromatic nitrogens is 2. The van der Waals surface area contributed by atoms with Crippen LogP contribution in [-0.4, -0.2) is 57.1 Å². The first-order valence-electron chi connectivity index (χ1n) is 13.3. The number of carbonyl (C=O) groups is 5. The second-order valence-electron chi connectivity index (χ2n) is 9.87. The number of nitrogens with zero attached hydrogens (tertiary/aromatic N) is 3. The van der Waals surface area contributed by atoms with Crippen LogP contribution in [0.4, 0.5) is 5.69 Å². The van der Waals surface area contributed by atoms with Crippen LogP contribution in [0.25, 0.3) is 0 Å². The molecule has 2 aliphatic rings. The first kappa shape index (κ1) is 26.8. The van der Waals surface area contributed by atoms with E-state index in [-0.39, 0.29) is 24.1 Å². The van der Waals surface area contributed by atoms with Gasteiger partial charge in [-0.05, 0) is 67.1 Å². The van der Waals surface area contributed by atoms with Gasteiger partial charge in [-0.2, -0.15) is 0 Å². The number of imide groups is 1. The molecule has 2 aromatic carbocycles. The number of hydrogen-bond acceptors (Lipinski definition) is 6. The summed E-state index contributed by atoms with van der Waals surface area (Å²) in [4.78, 5) is 65.8. The average molecular weight is 543 g/mol. The molecular weight excluding hydrogens is 512 g/mol. The van der Waals surface area contributed by atoms with Crippen molar-refractivity contribution in [1.29, 1.82) is 0 Å². The molecular formula is C29H30N6O5. The highest BCUT2D eigenvalue weighted by atomic mass is 16.2. The van der Waals surface area contributed by atoms with E-state index < -0.39 is 11.9 Å². The number of piperidine rings is 1. The minimum absolute atomic E-state index is 0.174. The summed E-state index contributed by atoms with van der Waals surface area (Å²) in [5.41, 5.74) is 4.79. The maximum Gasteiger partial charge on any atom is 0.255 e. The highest BCUT2D eigenvalue weighted by Crippen LogP contribution is 2.30. The second-order valence-corrected chi connectivity index (χ2v) is 9.87. The second kappa shape index (κ2) is 11.9. The highest BCUT2D eigenvalue weighted by molar-refractivity contribution is 6.05. The van der Waals surface area contributed by atoms with E-state index in [1.54, 1.807) is 41.6 Å². The van der Waals surface area contributed by atoms with Gasteiger partial charge in [0.25, 0.3) is 11.8 Å². The van der Waals surface area contributed by atoms with Crippen LogP contribution in [-0.2, 0) is 40.3 Å². The van der Waals surface area contributed by atoms with Crippen molar-refractivity contribution >= 4 is 35.7 Å². The molecule has 0 radical (unpaired) electrons. The smallest absolute Gasteiger partial charge is 0.255 e. The topological polar surface area (TPSA) is 142 Å². The van der Waals surface area contributed by atoms with Crippen LogP contribution in [0, 0.1) is 0 Å². The lowest BCUT2D eigenvalue weighted by molar-refractivity contribution is -0.136. The molecule has 11 heteroatoms. The number of nitrogens with one attached hydrogen (secondary N) is 3. The summed E-state index contributed by atoms with van der Waals surface area (Å²) in [6, 6.07) is 11.7. The number of carbonyl (C=O) groups excluding carboxylic acids is 5. The maximum atomic E-state index is 13.1. The fourth-order valence-corrected chi connectivity index (χ4v) is 5.24. The number of aryl methyl sites for hydroxylation is 3. The van der Waals surface area contributed by atoms with Gasteiger partial charge in [0.15, 0.2) is 0 Å². The summed E-state index contributed by atoms with van der Waals surface area (Å²) < 4.78 is 2.07. The van der Waals surface area contributed by atoms with E-state index in [9.17, 15) is 24.0 Å². The van der Waals surface area contributed by atoms with Crippen molar-refractivity contribution in [2.24, 2.45) is 0 Å². The quantitative estimate of drug-likeness (QED) is 0.192. The zero-order valence-electron chi connectivity index (χ0n) is 21.9. The molecule has 11 nitrogen and oxygen atoms in total. The standard InChI is InChI=1S/C29H30N6O5/c36-18-32-21-8-5-20(6-9-21)27(38)31-13-2-14-34-17-30-15-22(34)10-7-19-3-1-4-23-24(19)16-35(29(23)40)25-11-12-26(37)33-28(25)39/h1,3-6,8-9,15,17-18,25H,2,7,10-14,16H2,(H,31,38)(H,32,36)(H,33,37,39). The number of benzene rings is 2. The van der Waals surface area contributed by atoms with E-state index in [0.29, 0.717) is 55.7 Å². The third-order valence-corrected chi connectivity index (χ3v) is 7.36. The molecule has 0 bridgehead atoms. The highest BCUT2D eigenvalue weighted by Gasteiger charge is 2.39. The van der Waals surface area contributed by atoms with Gasteiger partial charge in [-0.1, -0.05) is 12.1 Å². The molecule has 3 N–H and O–H groups in total. The third kappa shape index (κ3) is 5.78. The van der Waals surface area contributed by atoms with E-state index >= 15 is 0 Å². The lowest BCUT2D eigenvalue weighted by Crippen LogP contribution is -2.52.